The minimum Gasteiger partial charge on any atom is -0.481 e. The van der Waals surface area contributed by atoms with Gasteiger partial charge >= 0.3 is 5.97 Å². The number of aliphatic carboxylic acids is 1. The number of halogens is 1. The second kappa shape index (κ2) is 7.57. The number of aryl methyl sites for hydroxylation is 1. The number of hydrogen-bond donors (Lipinski definition) is 2. The molecule has 3 N–H and O–H groups in total. The Labute approximate surface area is 146 Å². The third kappa shape index (κ3) is 4.30. The van der Waals surface area contributed by atoms with Crippen LogP contribution in [0.5, 0.6) is 0 Å². The number of amides is 1. The summed E-state index contributed by atoms with van der Waals surface area (Å²) in [5.41, 5.74) is 6.77. The molecular formula is C16H13BrN4O3. The van der Waals surface area contributed by atoms with Crippen LogP contribution in [0.2, 0.25) is 0 Å². The fraction of sp³-hybridized carbons (Fsp3) is 0.125. The minimum absolute atomic E-state index is 0.0917. The summed E-state index contributed by atoms with van der Waals surface area (Å²) in [5.74, 6) is -1.78. The van der Waals surface area contributed by atoms with Gasteiger partial charge in [-0.15, -0.1) is 0 Å². The summed E-state index contributed by atoms with van der Waals surface area (Å²) in [7, 11) is 0. The lowest BCUT2D eigenvalue weighted by Gasteiger charge is -2.00. The number of benzene rings is 1. The largest absolute Gasteiger partial charge is 0.481 e. The Kier molecular flexibility index (Phi) is 5.50. The van der Waals surface area contributed by atoms with Crippen LogP contribution < -0.4 is 5.73 Å². The second-order valence-corrected chi connectivity index (χ2v) is 5.80. The number of carbonyl (C=O) groups is 2. The van der Waals surface area contributed by atoms with Gasteiger partial charge in [0.1, 0.15) is 11.6 Å². The van der Waals surface area contributed by atoms with E-state index in [1.54, 1.807) is 12.3 Å². The summed E-state index contributed by atoms with van der Waals surface area (Å²) in [5, 5.41) is 22.2. The Bertz CT molecular complexity index is 847. The van der Waals surface area contributed by atoms with Crippen molar-refractivity contribution in [2.75, 3.05) is 0 Å². The molecule has 1 aromatic heterocycles. The van der Waals surface area contributed by atoms with Gasteiger partial charge in [0.15, 0.2) is 0 Å². The number of aromatic nitrogens is 2. The summed E-state index contributed by atoms with van der Waals surface area (Å²) in [4.78, 5) is 22.0. The smallest absolute Gasteiger partial charge is 0.305 e. The minimum atomic E-state index is -0.942. The first-order valence-electron chi connectivity index (χ1n) is 6.87. The molecule has 0 spiro atoms. The van der Waals surface area contributed by atoms with Crippen LogP contribution in [0.15, 0.2) is 40.5 Å². The van der Waals surface area contributed by atoms with Gasteiger partial charge in [-0.1, -0.05) is 28.1 Å². The van der Waals surface area contributed by atoms with Gasteiger partial charge in [0.2, 0.25) is 0 Å². The van der Waals surface area contributed by atoms with Gasteiger partial charge in [0, 0.05) is 21.8 Å². The maximum atomic E-state index is 11.3. The molecule has 8 heteroatoms. The Balaban J connectivity index is 2.50. The lowest BCUT2D eigenvalue weighted by Crippen LogP contribution is -2.12. The Morgan fingerprint density at radius 3 is 2.58 bits per heavy atom. The molecular weight excluding hydrogens is 376 g/mol. The van der Waals surface area contributed by atoms with E-state index in [1.165, 1.54) is 10.8 Å². The molecule has 1 amide bonds. The number of nitriles is 1. The Hall–Kier alpha value is -2.92. The van der Waals surface area contributed by atoms with E-state index in [4.69, 9.17) is 16.1 Å². The van der Waals surface area contributed by atoms with Crippen molar-refractivity contribution in [3.63, 3.8) is 0 Å². The summed E-state index contributed by atoms with van der Waals surface area (Å²) < 4.78 is 2.36. The van der Waals surface area contributed by atoms with Crippen LogP contribution >= 0.6 is 15.9 Å². The van der Waals surface area contributed by atoms with Gasteiger partial charge in [-0.3, -0.25) is 14.3 Å². The molecule has 0 atom stereocenters. The van der Waals surface area contributed by atoms with Gasteiger partial charge < -0.3 is 10.8 Å². The van der Waals surface area contributed by atoms with Crippen LogP contribution in [0.3, 0.4) is 0 Å². The molecule has 0 aliphatic heterocycles. The number of primary amides is 1. The number of carboxylic acid groups (broad SMARTS) is 1. The number of hydrogen-bond acceptors (Lipinski definition) is 4. The van der Waals surface area contributed by atoms with Crippen LogP contribution in [-0.2, 0) is 16.1 Å². The average Bonchev–Trinajstić information content (AvgIpc) is 2.94. The van der Waals surface area contributed by atoms with Crippen molar-refractivity contribution >= 4 is 33.9 Å². The van der Waals surface area contributed by atoms with Crippen molar-refractivity contribution in [2.45, 2.75) is 13.0 Å². The van der Waals surface area contributed by atoms with E-state index in [0.29, 0.717) is 11.3 Å². The molecule has 2 aromatic rings. The van der Waals surface area contributed by atoms with E-state index in [-0.39, 0.29) is 18.5 Å². The molecule has 24 heavy (non-hydrogen) atoms. The molecule has 0 aliphatic carbocycles. The maximum absolute atomic E-state index is 11.3. The SMILES string of the molecule is N#C/C(=C\c1cn(CCC(=O)O)nc1-c1ccc(Br)cc1)C(N)=O. The summed E-state index contributed by atoms with van der Waals surface area (Å²) in [6, 6.07) is 9.05. The van der Waals surface area contributed by atoms with Crippen molar-refractivity contribution < 1.29 is 14.7 Å². The summed E-state index contributed by atoms with van der Waals surface area (Å²) in [6.45, 7) is 0.172. The average molecular weight is 389 g/mol. The molecule has 122 valence electrons. The summed E-state index contributed by atoms with van der Waals surface area (Å²) in [6.07, 6.45) is 2.84. The Morgan fingerprint density at radius 1 is 1.38 bits per heavy atom. The first kappa shape index (κ1) is 17.4. The van der Waals surface area contributed by atoms with Crippen molar-refractivity contribution in [3.8, 4) is 17.3 Å². The fourth-order valence-electron chi connectivity index (χ4n) is 2.01. The second-order valence-electron chi connectivity index (χ2n) is 4.88. The third-order valence-electron chi connectivity index (χ3n) is 3.15. The molecule has 0 aliphatic rings. The first-order valence-corrected chi connectivity index (χ1v) is 7.67. The topological polar surface area (TPSA) is 122 Å². The van der Waals surface area contributed by atoms with E-state index < -0.39 is 11.9 Å². The van der Waals surface area contributed by atoms with Crippen molar-refractivity contribution in [1.29, 1.82) is 5.26 Å². The van der Waals surface area contributed by atoms with Gasteiger partial charge in [0.05, 0.1) is 18.7 Å². The van der Waals surface area contributed by atoms with E-state index in [1.807, 2.05) is 24.3 Å². The lowest BCUT2D eigenvalue weighted by molar-refractivity contribution is -0.137. The predicted molar refractivity (Wildman–Crippen MR) is 90.4 cm³/mol. The van der Waals surface area contributed by atoms with Gasteiger partial charge in [-0.05, 0) is 18.2 Å². The van der Waals surface area contributed by atoms with E-state index >= 15 is 0 Å². The van der Waals surface area contributed by atoms with Crippen LogP contribution in [0.4, 0.5) is 0 Å². The molecule has 1 aromatic carbocycles. The van der Waals surface area contributed by atoms with Crippen LogP contribution in [0.1, 0.15) is 12.0 Å². The quantitative estimate of drug-likeness (QED) is 0.579. The first-order chi connectivity index (χ1) is 11.4. The number of carbonyl (C=O) groups excluding carboxylic acids is 1. The van der Waals surface area contributed by atoms with Crippen molar-refractivity contribution in [1.82, 2.24) is 9.78 Å². The maximum Gasteiger partial charge on any atom is 0.305 e. The van der Waals surface area contributed by atoms with Crippen LogP contribution in [0.25, 0.3) is 17.3 Å². The predicted octanol–water partition coefficient (Wildman–Crippen LogP) is 2.18. The van der Waals surface area contributed by atoms with Crippen molar-refractivity contribution in [2.24, 2.45) is 5.73 Å². The molecule has 2 rings (SSSR count). The van der Waals surface area contributed by atoms with E-state index in [9.17, 15) is 9.59 Å². The van der Waals surface area contributed by atoms with E-state index in [2.05, 4.69) is 21.0 Å². The highest BCUT2D eigenvalue weighted by molar-refractivity contribution is 9.10. The highest BCUT2D eigenvalue weighted by Crippen LogP contribution is 2.26. The van der Waals surface area contributed by atoms with Crippen LogP contribution in [-0.4, -0.2) is 26.8 Å². The Morgan fingerprint density at radius 2 is 2.04 bits per heavy atom. The zero-order chi connectivity index (χ0) is 17.7. The number of carboxylic acids is 1. The normalized spacial score (nSPS) is 11.1. The lowest BCUT2D eigenvalue weighted by atomic mass is 10.1. The highest BCUT2D eigenvalue weighted by atomic mass is 79.9. The molecule has 7 nitrogen and oxygen atoms in total. The standard InChI is InChI=1S/C16H13BrN4O3/c17-13-3-1-10(2-4-13)15-12(7-11(8-18)16(19)24)9-21(20-15)6-5-14(22)23/h1-4,7,9H,5-6H2,(H2,19,24)(H,22,23)/b11-7+. The molecule has 0 saturated heterocycles. The molecule has 1 heterocycles. The fourth-order valence-corrected chi connectivity index (χ4v) is 2.28. The number of nitrogens with zero attached hydrogens (tertiary/aromatic N) is 3. The van der Waals surface area contributed by atoms with Gasteiger partial charge in [-0.2, -0.15) is 10.4 Å². The third-order valence-corrected chi connectivity index (χ3v) is 3.68. The molecule has 0 unspecified atom stereocenters. The number of nitrogens with two attached hydrogens (primary N) is 1. The summed E-state index contributed by atoms with van der Waals surface area (Å²) >= 11 is 3.35. The van der Waals surface area contributed by atoms with Crippen LogP contribution in [0, 0.1) is 11.3 Å². The molecule has 0 bridgehead atoms. The van der Waals surface area contributed by atoms with E-state index in [0.717, 1.165) is 10.0 Å². The van der Waals surface area contributed by atoms with Gasteiger partial charge in [0.25, 0.3) is 5.91 Å². The molecule has 0 saturated carbocycles. The van der Waals surface area contributed by atoms with Crippen molar-refractivity contribution in [3.05, 3.63) is 46.1 Å². The zero-order valence-corrected chi connectivity index (χ0v) is 14.0. The molecule has 0 radical (unpaired) electrons. The highest BCUT2D eigenvalue weighted by Gasteiger charge is 2.13. The monoisotopic (exact) mass is 388 g/mol. The zero-order valence-electron chi connectivity index (χ0n) is 12.4. The number of rotatable bonds is 6. The molecule has 0 fully saturated rings. The van der Waals surface area contributed by atoms with Gasteiger partial charge in [-0.25, -0.2) is 0 Å².